The van der Waals surface area contributed by atoms with E-state index in [2.05, 4.69) is 6.07 Å². The van der Waals surface area contributed by atoms with E-state index in [0.29, 0.717) is 16.6 Å². The maximum atomic E-state index is 12.6. The van der Waals surface area contributed by atoms with Gasteiger partial charge in [0, 0.05) is 17.6 Å². The third-order valence-corrected chi connectivity index (χ3v) is 3.77. The van der Waals surface area contributed by atoms with E-state index in [1.807, 2.05) is 6.07 Å². The van der Waals surface area contributed by atoms with Gasteiger partial charge in [0.1, 0.15) is 0 Å². The lowest BCUT2D eigenvalue weighted by Crippen LogP contribution is -2.16. The molecule has 0 amide bonds. The predicted octanol–water partition coefficient (Wildman–Crippen LogP) is 4.86. The van der Waals surface area contributed by atoms with Crippen LogP contribution < -0.4 is 4.90 Å². The summed E-state index contributed by atoms with van der Waals surface area (Å²) in [6, 6.07) is 9.82. The van der Waals surface area contributed by atoms with Gasteiger partial charge >= 0.3 is 6.18 Å². The Bertz CT molecular complexity index is 565. The molecular weight excluding hydrogens is 295 g/mol. The van der Waals surface area contributed by atoms with Crippen molar-refractivity contribution in [3.8, 4) is 0 Å². The van der Waals surface area contributed by atoms with Crippen LogP contribution in [-0.2, 0) is 12.7 Å². The molecule has 0 N–H and O–H groups in total. The first-order valence-corrected chi connectivity index (χ1v) is 6.60. The number of rotatable bonds is 3. The second kappa shape index (κ2) is 5.43. The summed E-state index contributed by atoms with van der Waals surface area (Å²) in [6.45, 7) is 0.513. The molecule has 0 saturated heterocycles. The molecule has 1 heterocycles. The van der Waals surface area contributed by atoms with Crippen molar-refractivity contribution in [2.24, 2.45) is 0 Å². The van der Waals surface area contributed by atoms with E-state index in [1.165, 1.54) is 17.4 Å². The Balaban J connectivity index is 2.17. The van der Waals surface area contributed by atoms with Crippen LogP contribution in [0, 0.1) is 6.07 Å². The van der Waals surface area contributed by atoms with Gasteiger partial charge < -0.3 is 4.90 Å². The largest absolute Gasteiger partial charge is 0.417 e. The Morgan fingerprint density at radius 3 is 2.63 bits per heavy atom. The molecule has 1 radical (unpaired) electrons. The van der Waals surface area contributed by atoms with Gasteiger partial charge in [0.25, 0.3) is 0 Å². The fourth-order valence-electron chi connectivity index (χ4n) is 1.62. The van der Waals surface area contributed by atoms with Crippen LogP contribution in [0.2, 0.25) is 4.34 Å². The average molecular weight is 305 g/mol. The molecule has 0 atom stereocenters. The number of anilines is 1. The van der Waals surface area contributed by atoms with Gasteiger partial charge in [-0.3, -0.25) is 0 Å². The number of halogens is 4. The molecule has 0 aliphatic rings. The van der Waals surface area contributed by atoms with E-state index in [0.717, 1.165) is 10.9 Å². The molecule has 0 bridgehead atoms. The minimum absolute atomic E-state index is 0.496. The number of hydrogen-bond donors (Lipinski definition) is 0. The zero-order chi connectivity index (χ0) is 14.0. The number of hydrogen-bond acceptors (Lipinski definition) is 2. The lowest BCUT2D eigenvalue weighted by Gasteiger charge is -2.19. The molecule has 19 heavy (non-hydrogen) atoms. The molecule has 101 valence electrons. The van der Waals surface area contributed by atoms with Crippen molar-refractivity contribution in [1.82, 2.24) is 0 Å². The zero-order valence-corrected chi connectivity index (χ0v) is 11.5. The topological polar surface area (TPSA) is 3.24 Å². The Morgan fingerprint density at radius 1 is 1.32 bits per heavy atom. The van der Waals surface area contributed by atoms with E-state index < -0.39 is 11.7 Å². The minimum atomic E-state index is -4.37. The van der Waals surface area contributed by atoms with Crippen molar-refractivity contribution >= 4 is 28.6 Å². The Kier molecular flexibility index (Phi) is 4.06. The molecule has 2 rings (SSSR count). The van der Waals surface area contributed by atoms with Crippen LogP contribution in [0.5, 0.6) is 0 Å². The van der Waals surface area contributed by atoms with Gasteiger partial charge in [0.15, 0.2) is 0 Å². The monoisotopic (exact) mass is 304 g/mol. The fraction of sp³-hybridized carbons (Fsp3) is 0.231. The molecule has 1 aromatic heterocycles. The number of alkyl halides is 3. The smallest absolute Gasteiger partial charge is 0.369 e. The van der Waals surface area contributed by atoms with Crippen molar-refractivity contribution < 1.29 is 13.2 Å². The predicted molar refractivity (Wildman–Crippen MR) is 71.7 cm³/mol. The summed E-state index contributed by atoms with van der Waals surface area (Å²) in [5.41, 5.74) is -0.267. The average Bonchev–Trinajstić information content (AvgIpc) is 2.74. The van der Waals surface area contributed by atoms with Gasteiger partial charge in [-0.15, -0.1) is 11.3 Å². The normalized spacial score (nSPS) is 11.6. The van der Waals surface area contributed by atoms with Gasteiger partial charge in [-0.25, -0.2) is 0 Å². The molecule has 1 aromatic carbocycles. The number of nitrogens with zero attached hydrogens (tertiary/aromatic N) is 1. The summed E-state index contributed by atoms with van der Waals surface area (Å²) in [5.74, 6) is 0. The molecule has 0 unspecified atom stereocenters. The second-order valence-electron chi connectivity index (χ2n) is 4.02. The molecule has 2 aromatic rings. The quantitative estimate of drug-likeness (QED) is 0.783. The highest BCUT2D eigenvalue weighted by Crippen LogP contribution is 2.31. The molecule has 0 fully saturated rings. The Labute approximate surface area is 118 Å². The molecule has 6 heteroatoms. The van der Waals surface area contributed by atoms with Crippen molar-refractivity contribution in [2.45, 2.75) is 12.7 Å². The van der Waals surface area contributed by atoms with Gasteiger partial charge in [-0.05, 0) is 30.3 Å². The summed E-state index contributed by atoms with van der Waals surface area (Å²) in [6.07, 6.45) is -4.37. The summed E-state index contributed by atoms with van der Waals surface area (Å²) < 4.78 is 38.5. The van der Waals surface area contributed by atoms with E-state index in [9.17, 15) is 13.2 Å². The summed E-state index contributed by atoms with van der Waals surface area (Å²) >= 11 is 7.24. The highest BCUT2D eigenvalue weighted by atomic mass is 35.5. The van der Waals surface area contributed by atoms with Crippen molar-refractivity contribution in [3.05, 3.63) is 51.2 Å². The Hall–Kier alpha value is -1.20. The van der Waals surface area contributed by atoms with E-state index in [4.69, 9.17) is 11.6 Å². The molecule has 0 spiro atoms. The first-order valence-electron chi connectivity index (χ1n) is 5.40. The van der Waals surface area contributed by atoms with E-state index in [1.54, 1.807) is 24.1 Å². The fourth-order valence-corrected chi connectivity index (χ4v) is 2.76. The lowest BCUT2D eigenvalue weighted by atomic mass is 10.2. The molecule has 1 nitrogen and oxygen atoms in total. The van der Waals surface area contributed by atoms with Crippen LogP contribution in [0.3, 0.4) is 0 Å². The van der Waals surface area contributed by atoms with Gasteiger partial charge in [-0.1, -0.05) is 17.7 Å². The van der Waals surface area contributed by atoms with Crippen LogP contribution in [0.1, 0.15) is 10.4 Å². The van der Waals surface area contributed by atoms with Crippen molar-refractivity contribution in [3.63, 3.8) is 0 Å². The molecule has 0 aliphatic heterocycles. The molecule has 0 aliphatic carbocycles. The summed E-state index contributed by atoms with van der Waals surface area (Å²) in [4.78, 5) is 2.74. The third kappa shape index (κ3) is 3.64. The first-order chi connectivity index (χ1) is 8.86. The lowest BCUT2D eigenvalue weighted by molar-refractivity contribution is -0.137. The van der Waals surface area contributed by atoms with Gasteiger partial charge in [0.05, 0.1) is 16.4 Å². The Morgan fingerprint density at radius 2 is 2.05 bits per heavy atom. The molecule has 0 saturated carbocycles. The SMILES string of the molecule is CN(Cc1ccc(Cl)s1)c1cc[c]c(C(F)(F)F)c1. The number of benzene rings is 1. The van der Waals surface area contributed by atoms with Crippen molar-refractivity contribution in [1.29, 1.82) is 0 Å². The second-order valence-corrected chi connectivity index (χ2v) is 5.82. The maximum absolute atomic E-state index is 12.6. The van der Waals surface area contributed by atoms with Crippen LogP contribution in [0.15, 0.2) is 30.3 Å². The van der Waals surface area contributed by atoms with E-state index >= 15 is 0 Å². The zero-order valence-electron chi connectivity index (χ0n) is 9.96. The highest BCUT2D eigenvalue weighted by Gasteiger charge is 2.30. The van der Waals surface area contributed by atoms with Crippen molar-refractivity contribution in [2.75, 3.05) is 11.9 Å². The number of thiophene rings is 1. The molecular formula is C13H10ClF3NS. The van der Waals surface area contributed by atoms with Gasteiger partial charge in [-0.2, -0.15) is 13.2 Å². The first kappa shape index (κ1) is 14.2. The minimum Gasteiger partial charge on any atom is -0.369 e. The summed E-state index contributed by atoms with van der Waals surface area (Å²) in [7, 11) is 1.74. The standard InChI is InChI=1S/C13H10ClF3NS/c1-18(8-11-5-6-12(14)19-11)10-4-2-3-9(7-10)13(15,16)17/h2,4-7H,8H2,1H3. The summed E-state index contributed by atoms with van der Waals surface area (Å²) in [5, 5.41) is 0. The van der Waals surface area contributed by atoms with Crippen LogP contribution in [0.25, 0.3) is 0 Å². The van der Waals surface area contributed by atoms with Crippen LogP contribution >= 0.6 is 22.9 Å². The van der Waals surface area contributed by atoms with Gasteiger partial charge in [0.2, 0.25) is 0 Å². The maximum Gasteiger partial charge on any atom is 0.417 e. The highest BCUT2D eigenvalue weighted by molar-refractivity contribution is 7.16. The van der Waals surface area contributed by atoms with E-state index in [-0.39, 0.29) is 0 Å². The third-order valence-electron chi connectivity index (χ3n) is 2.55. The van der Waals surface area contributed by atoms with Crippen LogP contribution in [-0.4, -0.2) is 7.05 Å². The van der Waals surface area contributed by atoms with Crippen LogP contribution in [0.4, 0.5) is 18.9 Å².